The summed E-state index contributed by atoms with van der Waals surface area (Å²) in [6, 6.07) is 6.25. The van der Waals surface area contributed by atoms with Gasteiger partial charge in [-0.15, -0.1) is 0 Å². The van der Waals surface area contributed by atoms with Crippen LogP contribution in [0.25, 0.3) is 0 Å². The quantitative estimate of drug-likeness (QED) is 0.638. The Hall–Kier alpha value is -2.21. The minimum atomic E-state index is -1.48. The molecule has 2 aliphatic carbocycles. The highest BCUT2D eigenvalue weighted by Crippen LogP contribution is 2.69. The number of nitrogens with one attached hydrogen (secondary N) is 1. The van der Waals surface area contributed by atoms with Gasteiger partial charge >= 0.3 is 5.97 Å². The highest BCUT2D eigenvalue weighted by Gasteiger charge is 2.77. The van der Waals surface area contributed by atoms with Crippen LogP contribution in [0.2, 0.25) is 5.02 Å². The molecule has 0 saturated heterocycles. The Morgan fingerprint density at radius 2 is 1.76 bits per heavy atom. The van der Waals surface area contributed by atoms with E-state index in [-0.39, 0.29) is 12.1 Å². The zero-order valence-electron chi connectivity index (χ0n) is 14.2. The van der Waals surface area contributed by atoms with Gasteiger partial charge < -0.3 is 5.11 Å². The maximum Gasteiger partial charge on any atom is 0.318 e. The first-order valence-electron chi connectivity index (χ1n) is 8.00. The number of fused-ring (bicyclic) bond motifs is 2. The summed E-state index contributed by atoms with van der Waals surface area (Å²) < 4.78 is 0. The number of amides is 1. The minimum Gasteiger partial charge on any atom is -0.480 e. The molecule has 2 N–H and O–H groups in total. The number of hydrogen-bond donors (Lipinski definition) is 2. The summed E-state index contributed by atoms with van der Waals surface area (Å²) >= 11 is 5.79. The summed E-state index contributed by atoms with van der Waals surface area (Å²) in [7, 11) is 0. The van der Waals surface area contributed by atoms with Gasteiger partial charge in [0.15, 0.2) is 5.78 Å². The van der Waals surface area contributed by atoms with Crippen LogP contribution >= 0.6 is 11.6 Å². The molecule has 0 heterocycles. The van der Waals surface area contributed by atoms with Crippen LogP contribution < -0.4 is 5.43 Å². The zero-order valence-corrected chi connectivity index (χ0v) is 15.0. The third kappa shape index (κ3) is 2.10. The number of halogens is 1. The molecule has 7 heteroatoms. The number of Topliss-reactive ketones (excluding diaryl/α,β-unsaturated/α-hetero) is 1. The molecule has 6 nitrogen and oxygen atoms in total. The summed E-state index contributed by atoms with van der Waals surface area (Å²) in [6.45, 7) is 5.42. The average Bonchev–Trinajstić information content (AvgIpc) is 2.82. The molecule has 2 fully saturated rings. The number of carboxylic acid groups (broad SMARTS) is 1. The van der Waals surface area contributed by atoms with E-state index in [0.717, 1.165) is 0 Å². The van der Waals surface area contributed by atoms with Crippen molar-refractivity contribution in [1.82, 2.24) is 5.43 Å². The molecule has 0 spiro atoms. The molecule has 1 amide bonds. The van der Waals surface area contributed by atoms with Crippen molar-refractivity contribution in [3.05, 3.63) is 34.9 Å². The van der Waals surface area contributed by atoms with Crippen molar-refractivity contribution in [1.29, 1.82) is 0 Å². The maximum atomic E-state index is 12.9. The van der Waals surface area contributed by atoms with Gasteiger partial charge in [0.2, 0.25) is 0 Å². The largest absolute Gasteiger partial charge is 0.480 e. The molecule has 25 heavy (non-hydrogen) atoms. The molecule has 0 aromatic heterocycles. The van der Waals surface area contributed by atoms with Crippen LogP contribution in [0.1, 0.15) is 44.0 Å². The molecule has 0 unspecified atom stereocenters. The van der Waals surface area contributed by atoms with Crippen LogP contribution in [-0.4, -0.2) is 28.5 Å². The number of aliphatic carboxylic acids is 1. The van der Waals surface area contributed by atoms with Gasteiger partial charge in [0.1, 0.15) is 11.1 Å². The van der Waals surface area contributed by atoms with E-state index in [2.05, 4.69) is 10.5 Å². The first-order chi connectivity index (χ1) is 11.6. The minimum absolute atomic E-state index is 0.133. The van der Waals surface area contributed by atoms with E-state index in [0.29, 0.717) is 17.0 Å². The van der Waals surface area contributed by atoms with Crippen LogP contribution in [0.3, 0.4) is 0 Å². The molecule has 0 radical (unpaired) electrons. The fourth-order valence-corrected chi connectivity index (χ4v) is 4.34. The Kier molecular flexibility index (Phi) is 3.80. The van der Waals surface area contributed by atoms with Gasteiger partial charge in [-0.2, -0.15) is 5.10 Å². The standard InChI is InChI=1S/C18H19ClN2O4/c1-16(2)17(3)8-9-18(16,15(24)25)13(22)12(17)20-21-14(23)10-4-6-11(19)7-5-10/h4-7H,8-9H2,1-3H3,(H,21,23)(H,24,25)/b20-12-/t17-,18-/m0/s1. The van der Waals surface area contributed by atoms with Gasteiger partial charge in [-0.3, -0.25) is 14.4 Å². The predicted molar refractivity (Wildman–Crippen MR) is 92.6 cm³/mol. The van der Waals surface area contributed by atoms with Gasteiger partial charge in [-0.1, -0.05) is 32.4 Å². The van der Waals surface area contributed by atoms with Crippen molar-refractivity contribution in [3.8, 4) is 0 Å². The summed E-state index contributed by atoms with van der Waals surface area (Å²) in [4.78, 5) is 37.0. The third-order valence-corrected chi connectivity index (χ3v) is 6.56. The number of hydrogen-bond acceptors (Lipinski definition) is 4. The molecule has 2 bridgehead atoms. The number of hydrazone groups is 1. The monoisotopic (exact) mass is 362 g/mol. The van der Waals surface area contributed by atoms with Crippen molar-refractivity contribution < 1.29 is 19.5 Å². The fourth-order valence-electron chi connectivity index (χ4n) is 4.22. The number of rotatable bonds is 3. The van der Waals surface area contributed by atoms with Gasteiger partial charge in [0.25, 0.3) is 5.91 Å². The second kappa shape index (κ2) is 5.39. The molecule has 1 aromatic rings. The van der Waals surface area contributed by atoms with Crippen molar-refractivity contribution in [3.63, 3.8) is 0 Å². The van der Waals surface area contributed by atoms with Gasteiger partial charge in [0.05, 0.1) is 0 Å². The normalized spacial score (nSPS) is 31.4. The lowest BCUT2D eigenvalue weighted by molar-refractivity contribution is -0.158. The molecule has 0 aliphatic heterocycles. The summed E-state index contributed by atoms with van der Waals surface area (Å²) in [5.41, 5.74) is -0.0956. The van der Waals surface area contributed by atoms with Crippen LogP contribution in [0.4, 0.5) is 0 Å². The first kappa shape index (κ1) is 17.6. The number of nitrogens with zero attached hydrogens (tertiary/aromatic N) is 1. The van der Waals surface area contributed by atoms with E-state index in [9.17, 15) is 19.5 Å². The van der Waals surface area contributed by atoms with E-state index < -0.39 is 33.9 Å². The topological polar surface area (TPSA) is 95.8 Å². The van der Waals surface area contributed by atoms with E-state index in [1.807, 2.05) is 6.92 Å². The van der Waals surface area contributed by atoms with Crippen molar-refractivity contribution in [2.75, 3.05) is 0 Å². The van der Waals surface area contributed by atoms with Crippen molar-refractivity contribution in [2.45, 2.75) is 33.6 Å². The highest BCUT2D eigenvalue weighted by atomic mass is 35.5. The number of ketones is 1. The van der Waals surface area contributed by atoms with Gasteiger partial charge in [-0.05, 0) is 42.5 Å². The van der Waals surface area contributed by atoms with E-state index in [1.54, 1.807) is 38.1 Å². The third-order valence-electron chi connectivity index (χ3n) is 6.31. The Bertz CT molecular complexity index is 815. The highest BCUT2D eigenvalue weighted by molar-refractivity contribution is 6.50. The summed E-state index contributed by atoms with van der Waals surface area (Å²) in [6.07, 6.45) is 0.822. The Labute approximate surface area is 150 Å². The van der Waals surface area contributed by atoms with Crippen LogP contribution in [0.5, 0.6) is 0 Å². The van der Waals surface area contributed by atoms with Crippen molar-refractivity contribution >= 4 is 35.0 Å². The molecule has 1 aromatic carbocycles. The number of carboxylic acids is 1. The fraction of sp³-hybridized carbons (Fsp3) is 0.444. The lowest BCUT2D eigenvalue weighted by atomic mass is 9.65. The molecule has 2 saturated carbocycles. The van der Waals surface area contributed by atoms with Gasteiger partial charge in [0, 0.05) is 16.0 Å². The molecule has 132 valence electrons. The Morgan fingerprint density at radius 1 is 1.16 bits per heavy atom. The molecular formula is C18H19ClN2O4. The molecule has 3 rings (SSSR count). The number of benzene rings is 1. The van der Waals surface area contributed by atoms with Crippen LogP contribution in [0.15, 0.2) is 29.4 Å². The van der Waals surface area contributed by atoms with Gasteiger partial charge in [-0.25, -0.2) is 5.43 Å². The Balaban J connectivity index is 1.94. The second-order valence-electron chi connectivity index (χ2n) is 7.40. The predicted octanol–water partition coefficient (Wildman–Crippen LogP) is 2.91. The zero-order chi connectivity index (χ0) is 18.6. The SMILES string of the molecule is CC1(C)[C@@]2(C(=O)O)CC[C@@]1(C)/C(=N\NC(=O)c1ccc(Cl)cc1)C2=O. The van der Waals surface area contributed by atoms with E-state index in [1.165, 1.54) is 0 Å². The molecular weight excluding hydrogens is 344 g/mol. The first-order valence-corrected chi connectivity index (χ1v) is 8.38. The number of carbonyl (C=O) groups is 3. The van der Waals surface area contributed by atoms with Crippen LogP contribution in [0, 0.1) is 16.2 Å². The van der Waals surface area contributed by atoms with E-state index >= 15 is 0 Å². The van der Waals surface area contributed by atoms with Crippen molar-refractivity contribution in [2.24, 2.45) is 21.3 Å². The average molecular weight is 363 g/mol. The number of carbonyl (C=O) groups excluding carboxylic acids is 2. The molecule has 2 atom stereocenters. The smallest absolute Gasteiger partial charge is 0.318 e. The molecule has 2 aliphatic rings. The lowest BCUT2D eigenvalue weighted by Crippen LogP contribution is -2.44. The second-order valence-corrected chi connectivity index (χ2v) is 7.84. The van der Waals surface area contributed by atoms with E-state index in [4.69, 9.17) is 11.6 Å². The summed E-state index contributed by atoms with van der Waals surface area (Å²) in [5.74, 6) is -2.11. The summed E-state index contributed by atoms with van der Waals surface area (Å²) in [5, 5.41) is 14.3. The maximum absolute atomic E-state index is 12.9. The lowest BCUT2D eigenvalue weighted by Gasteiger charge is -2.36. The van der Waals surface area contributed by atoms with Crippen LogP contribution in [-0.2, 0) is 9.59 Å². The Morgan fingerprint density at radius 3 is 2.28 bits per heavy atom.